The Hall–Kier alpha value is -2.25. The molecule has 122 valence electrons. The Morgan fingerprint density at radius 2 is 1.35 bits per heavy atom. The zero-order valence-electron chi connectivity index (χ0n) is 11.3. The van der Waals surface area contributed by atoms with Gasteiger partial charge in [0.15, 0.2) is 23.3 Å². The van der Waals surface area contributed by atoms with Crippen LogP contribution in [0.15, 0.2) is 30.3 Å². The fourth-order valence-electron chi connectivity index (χ4n) is 2.47. The highest BCUT2D eigenvalue weighted by molar-refractivity contribution is 5.60. The van der Waals surface area contributed by atoms with Gasteiger partial charge in [-0.1, -0.05) is 30.3 Å². The number of hydrogen-bond acceptors (Lipinski definition) is 1. The highest BCUT2D eigenvalue weighted by Gasteiger charge is 2.46. The van der Waals surface area contributed by atoms with Crippen LogP contribution >= 0.6 is 0 Å². The van der Waals surface area contributed by atoms with Crippen LogP contribution in [0.1, 0.15) is 17.2 Å². The minimum atomic E-state index is -5.54. The van der Waals surface area contributed by atoms with E-state index in [1.54, 1.807) is 30.3 Å². The van der Waals surface area contributed by atoms with E-state index in [0.29, 0.717) is 5.56 Å². The molecule has 1 aliphatic rings. The van der Waals surface area contributed by atoms with E-state index in [9.17, 15) is 30.7 Å². The molecule has 1 fully saturated rings. The molecular weight excluding hydrogens is 327 g/mol. The van der Waals surface area contributed by atoms with Crippen LogP contribution in [0.4, 0.5) is 36.4 Å². The van der Waals surface area contributed by atoms with E-state index >= 15 is 0 Å². The molecule has 23 heavy (non-hydrogen) atoms. The number of alkyl halides is 3. The van der Waals surface area contributed by atoms with Crippen LogP contribution in [0.25, 0.3) is 0 Å². The molecule has 2 aromatic rings. The van der Waals surface area contributed by atoms with Crippen LogP contribution in [-0.2, 0) is 6.18 Å². The minimum Gasteiger partial charge on any atom is -0.355 e. The molecule has 0 bridgehead atoms. The van der Waals surface area contributed by atoms with Crippen LogP contribution in [0, 0.1) is 23.3 Å². The van der Waals surface area contributed by atoms with Crippen LogP contribution in [0.3, 0.4) is 0 Å². The highest BCUT2D eigenvalue weighted by atomic mass is 19.4. The summed E-state index contributed by atoms with van der Waals surface area (Å²) in [5.74, 6) is -8.97. The van der Waals surface area contributed by atoms with Gasteiger partial charge in [0.2, 0.25) is 0 Å². The molecule has 0 radical (unpaired) electrons. The lowest BCUT2D eigenvalue weighted by molar-refractivity contribution is -0.143. The van der Waals surface area contributed by atoms with Crippen LogP contribution in [-0.4, -0.2) is 6.54 Å². The molecule has 1 atom stereocenters. The molecule has 2 aromatic carbocycles. The third kappa shape index (κ3) is 2.51. The lowest BCUT2D eigenvalue weighted by atomic mass is 10.1. The van der Waals surface area contributed by atoms with E-state index in [1.165, 1.54) is 0 Å². The lowest BCUT2D eigenvalue weighted by Crippen LogP contribution is -2.17. The summed E-state index contributed by atoms with van der Waals surface area (Å²) in [7, 11) is 0. The topological polar surface area (TPSA) is 3.01 Å². The number of anilines is 1. The number of nitrogens with zero attached hydrogens (tertiary/aromatic N) is 1. The molecule has 8 heteroatoms. The summed E-state index contributed by atoms with van der Waals surface area (Å²) in [6.45, 7) is 0.0437. The average Bonchev–Trinajstić information content (AvgIpc) is 3.25. The number of hydrogen-bond donors (Lipinski definition) is 0. The van der Waals surface area contributed by atoms with Crippen molar-refractivity contribution in [3.8, 4) is 0 Å². The van der Waals surface area contributed by atoms with Gasteiger partial charge in [0.05, 0.1) is 6.04 Å². The monoisotopic (exact) mass is 335 g/mol. The van der Waals surface area contributed by atoms with Gasteiger partial charge in [-0.05, 0) is 5.56 Å². The third-order valence-corrected chi connectivity index (χ3v) is 3.61. The third-order valence-electron chi connectivity index (χ3n) is 3.61. The van der Waals surface area contributed by atoms with E-state index in [1.807, 2.05) is 0 Å². The first-order chi connectivity index (χ1) is 10.7. The van der Waals surface area contributed by atoms with E-state index in [-0.39, 0.29) is 6.54 Å². The number of halogens is 7. The van der Waals surface area contributed by atoms with Crippen LogP contribution < -0.4 is 4.90 Å². The Morgan fingerprint density at radius 3 is 1.83 bits per heavy atom. The summed E-state index contributed by atoms with van der Waals surface area (Å²) in [5.41, 5.74) is -3.05. The van der Waals surface area contributed by atoms with Crippen molar-refractivity contribution in [2.45, 2.75) is 12.2 Å². The van der Waals surface area contributed by atoms with Crippen molar-refractivity contribution in [1.82, 2.24) is 0 Å². The molecule has 0 aromatic heterocycles. The van der Waals surface area contributed by atoms with Crippen molar-refractivity contribution in [1.29, 1.82) is 0 Å². The van der Waals surface area contributed by atoms with E-state index < -0.39 is 46.7 Å². The SMILES string of the molecule is Fc1c(F)c(C(F)(F)F)c(F)c(F)c1N1C[C@@H]1c1ccccc1. The molecular formula is C15H8F7N. The maximum atomic E-state index is 13.9. The Bertz CT molecular complexity index is 726. The molecule has 0 unspecified atom stereocenters. The van der Waals surface area contributed by atoms with Crippen LogP contribution in [0.2, 0.25) is 0 Å². The Morgan fingerprint density at radius 1 is 0.826 bits per heavy atom. The molecule has 0 aliphatic carbocycles. The largest absolute Gasteiger partial charge is 0.422 e. The van der Waals surface area contributed by atoms with Gasteiger partial charge in [0.25, 0.3) is 0 Å². The van der Waals surface area contributed by atoms with Crippen molar-refractivity contribution in [2.75, 3.05) is 11.4 Å². The molecule has 1 heterocycles. The maximum absolute atomic E-state index is 13.9. The smallest absolute Gasteiger partial charge is 0.355 e. The van der Waals surface area contributed by atoms with Gasteiger partial charge in [-0.2, -0.15) is 13.2 Å². The summed E-state index contributed by atoms with van der Waals surface area (Å²) < 4.78 is 92.6. The van der Waals surface area contributed by atoms with Gasteiger partial charge >= 0.3 is 6.18 Å². The molecule has 1 aliphatic heterocycles. The first kappa shape index (κ1) is 15.6. The summed E-state index contributed by atoms with van der Waals surface area (Å²) >= 11 is 0. The molecule has 0 N–H and O–H groups in total. The van der Waals surface area contributed by atoms with Gasteiger partial charge in [-0.15, -0.1) is 0 Å². The first-order valence-corrected chi connectivity index (χ1v) is 6.48. The second-order valence-electron chi connectivity index (χ2n) is 5.06. The van der Waals surface area contributed by atoms with Gasteiger partial charge in [-0.25, -0.2) is 17.6 Å². The maximum Gasteiger partial charge on any atom is 0.422 e. The van der Waals surface area contributed by atoms with Gasteiger partial charge < -0.3 is 4.90 Å². The summed E-state index contributed by atoms with van der Waals surface area (Å²) in [4.78, 5) is 0.965. The van der Waals surface area contributed by atoms with Crippen molar-refractivity contribution in [2.24, 2.45) is 0 Å². The molecule has 1 saturated heterocycles. The second-order valence-corrected chi connectivity index (χ2v) is 5.06. The van der Waals surface area contributed by atoms with Crippen LogP contribution in [0.5, 0.6) is 0 Å². The predicted octanol–water partition coefficient (Wildman–Crippen LogP) is 4.82. The van der Waals surface area contributed by atoms with E-state index in [0.717, 1.165) is 4.90 Å². The summed E-state index contributed by atoms with van der Waals surface area (Å²) in [5, 5.41) is 0. The zero-order valence-corrected chi connectivity index (χ0v) is 11.3. The highest BCUT2D eigenvalue weighted by Crippen LogP contribution is 2.46. The lowest BCUT2D eigenvalue weighted by Gasteiger charge is -2.15. The standard InChI is InChI=1S/C15H8F7N/c16-10-9(15(20,21)22)11(17)13(19)14(12(10)18)23-6-8(23)7-4-2-1-3-5-7/h1-5,8H,6H2/t8-,23?/m1/s1. The van der Waals surface area contributed by atoms with Gasteiger partial charge in [-0.3, -0.25) is 0 Å². The molecule has 0 spiro atoms. The molecule has 1 nitrogen and oxygen atoms in total. The quantitative estimate of drug-likeness (QED) is 0.432. The normalized spacial score (nSPS) is 17.5. The number of benzene rings is 2. The number of rotatable bonds is 2. The second kappa shape index (κ2) is 5.14. The Balaban J connectivity index is 2.06. The van der Waals surface area contributed by atoms with Crippen molar-refractivity contribution < 1.29 is 30.7 Å². The summed E-state index contributed by atoms with van der Waals surface area (Å²) in [6.07, 6.45) is -5.54. The first-order valence-electron chi connectivity index (χ1n) is 6.48. The van der Waals surface area contributed by atoms with Crippen molar-refractivity contribution in [3.05, 3.63) is 64.7 Å². The molecule has 0 amide bonds. The minimum absolute atomic E-state index is 0.0437. The van der Waals surface area contributed by atoms with Crippen molar-refractivity contribution >= 4 is 5.69 Å². The Kier molecular flexibility index (Phi) is 3.50. The Labute approximate surface area is 125 Å². The molecule has 3 rings (SSSR count). The fourth-order valence-corrected chi connectivity index (χ4v) is 2.47. The van der Waals surface area contributed by atoms with E-state index in [2.05, 4.69) is 0 Å². The van der Waals surface area contributed by atoms with E-state index in [4.69, 9.17) is 0 Å². The fraction of sp³-hybridized carbons (Fsp3) is 0.200. The predicted molar refractivity (Wildman–Crippen MR) is 67.8 cm³/mol. The molecule has 0 saturated carbocycles. The zero-order chi connectivity index (χ0) is 16.9. The van der Waals surface area contributed by atoms with Crippen molar-refractivity contribution in [3.63, 3.8) is 0 Å². The average molecular weight is 335 g/mol. The summed E-state index contributed by atoms with van der Waals surface area (Å²) in [6, 6.07) is 7.75. The van der Waals surface area contributed by atoms with Gasteiger partial charge in [0.1, 0.15) is 11.3 Å². The van der Waals surface area contributed by atoms with Gasteiger partial charge in [0, 0.05) is 6.54 Å².